The number of likely N-dealkylation sites (tertiary alicyclic amines) is 1. The molecule has 0 radical (unpaired) electrons. The third-order valence-corrected chi connectivity index (χ3v) is 4.77. The summed E-state index contributed by atoms with van der Waals surface area (Å²) in [7, 11) is 0. The van der Waals surface area contributed by atoms with E-state index in [0.717, 1.165) is 6.04 Å². The molecule has 1 aromatic carbocycles. The molecule has 3 rings (SSSR count). The number of anilines is 1. The van der Waals surface area contributed by atoms with Gasteiger partial charge in [0.1, 0.15) is 0 Å². The van der Waals surface area contributed by atoms with Crippen LogP contribution in [-0.4, -0.2) is 37.1 Å². The molecule has 1 aromatic rings. The Morgan fingerprint density at radius 1 is 0.842 bits per heavy atom. The topological polar surface area (TPSA) is 6.48 Å². The molecule has 2 heterocycles. The number of benzene rings is 1. The van der Waals surface area contributed by atoms with Crippen molar-refractivity contribution >= 4 is 5.69 Å². The summed E-state index contributed by atoms with van der Waals surface area (Å²) in [4.78, 5) is 5.30. The van der Waals surface area contributed by atoms with Gasteiger partial charge in [0.25, 0.3) is 0 Å². The van der Waals surface area contributed by atoms with Gasteiger partial charge >= 0.3 is 0 Å². The third kappa shape index (κ3) is 3.11. The number of nitrogens with zero attached hydrogens (tertiary/aromatic N) is 2. The average Bonchev–Trinajstić information content (AvgIpc) is 2.49. The summed E-state index contributed by atoms with van der Waals surface area (Å²) < 4.78 is 0. The van der Waals surface area contributed by atoms with Crippen molar-refractivity contribution < 1.29 is 0 Å². The lowest BCUT2D eigenvalue weighted by Crippen LogP contribution is -2.46. The van der Waals surface area contributed by atoms with Crippen LogP contribution in [0.25, 0.3) is 0 Å². The van der Waals surface area contributed by atoms with Gasteiger partial charge in [-0.2, -0.15) is 0 Å². The molecule has 0 atom stereocenters. The lowest BCUT2D eigenvalue weighted by molar-refractivity contribution is 0.141. The molecule has 2 heteroatoms. The predicted molar refractivity (Wildman–Crippen MR) is 81.8 cm³/mol. The SMILES string of the molecule is Cc1ccc(N2CCC(N3CCCCC3)CC2)cc1. The van der Waals surface area contributed by atoms with Crippen molar-refractivity contribution in [3.63, 3.8) is 0 Å². The van der Waals surface area contributed by atoms with Crippen LogP contribution < -0.4 is 4.90 Å². The lowest BCUT2D eigenvalue weighted by Gasteiger charge is -2.41. The number of hydrogen-bond donors (Lipinski definition) is 0. The van der Waals surface area contributed by atoms with Crippen molar-refractivity contribution in [3.8, 4) is 0 Å². The minimum Gasteiger partial charge on any atom is -0.371 e. The van der Waals surface area contributed by atoms with E-state index in [-0.39, 0.29) is 0 Å². The monoisotopic (exact) mass is 258 g/mol. The Morgan fingerprint density at radius 3 is 2.11 bits per heavy atom. The van der Waals surface area contributed by atoms with Crippen LogP contribution in [0.2, 0.25) is 0 Å². The zero-order chi connectivity index (χ0) is 13.1. The van der Waals surface area contributed by atoms with E-state index in [0.29, 0.717) is 0 Å². The maximum absolute atomic E-state index is 2.75. The van der Waals surface area contributed by atoms with Gasteiger partial charge < -0.3 is 9.80 Å². The molecule has 104 valence electrons. The maximum atomic E-state index is 2.75. The molecule has 0 aliphatic carbocycles. The highest BCUT2D eigenvalue weighted by molar-refractivity contribution is 5.47. The average molecular weight is 258 g/mol. The fourth-order valence-corrected chi connectivity index (χ4v) is 3.53. The highest BCUT2D eigenvalue weighted by Crippen LogP contribution is 2.24. The van der Waals surface area contributed by atoms with Crippen molar-refractivity contribution in [1.29, 1.82) is 0 Å². The van der Waals surface area contributed by atoms with Crippen molar-refractivity contribution in [2.45, 2.75) is 45.1 Å². The third-order valence-electron chi connectivity index (χ3n) is 4.77. The van der Waals surface area contributed by atoms with Gasteiger partial charge in [-0.25, -0.2) is 0 Å². The molecule has 0 spiro atoms. The second-order valence-electron chi connectivity index (χ2n) is 6.15. The van der Waals surface area contributed by atoms with Crippen LogP contribution in [0.3, 0.4) is 0 Å². The first kappa shape index (κ1) is 13.0. The molecular formula is C17H26N2. The highest BCUT2D eigenvalue weighted by Gasteiger charge is 2.25. The molecule has 0 bridgehead atoms. The van der Waals surface area contributed by atoms with E-state index in [9.17, 15) is 0 Å². The zero-order valence-corrected chi connectivity index (χ0v) is 12.1. The van der Waals surface area contributed by atoms with E-state index in [4.69, 9.17) is 0 Å². The van der Waals surface area contributed by atoms with Crippen molar-refractivity contribution in [3.05, 3.63) is 29.8 Å². The maximum Gasteiger partial charge on any atom is 0.0366 e. The van der Waals surface area contributed by atoms with Crippen LogP contribution in [-0.2, 0) is 0 Å². The van der Waals surface area contributed by atoms with E-state index in [1.807, 2.05) is 0 Å². The summed E-state index contributed by atoms with van der Waals surface area (Å²) in [5, 5.41) is 0. The Bertz CT molecular complexity index is 384. The summed E-state index contributed by atoms with van der Waals surface area (Å²) >= 11 is 0. The van der Waals surface area contributed by atoms with Gasteiger partial charge in [-0.3, -0.25) is 0 Å². The molecule has 0 amide bonds. The van der Waals surface area contributed by atoms with Crippen molar-refractivity contribution in [2.24, 2.45) is 0 Å². The summed E-state index contributed by atoms with van der Waals surface area (Å²) in [5.74, 6) is 0. The lowest BCUT2D eigenvalue weighted by atomic mass is 9.99. The fraction of sp³-hybridized carbons (Fsp3) is 0.647. The summed E-state index contributed by atoms with van der Waals surface area (Å²) in [6.45, 7) is 7.30. The zero-order valence-electron chi connectivity index (χ0n) is 12.1. The quantitative estimate of drug-likeness (QED) is 0.801. The highest BCUT2D eigenvalue weighted by atomic mass is 15.2. The molecule has 0 N–H and O–H groups in total. The summed E-state index contributed by atoms with van der Waals surface area (Å²) in [6.07, 6.45) is 6.96. The van der Waals surface area contributed by atoms with Gasteiger partial charge in [0, 0.05) is 24.8 Å². The number of hydrogen-bond acceptors (Lipinski definition) is 2. The molecule has 2 aliphatic heterocycles. The molecule has 0 saturated carbocycles. The van der Waals surface area contributed by atoms with Crippen molar-refractivity contribution in [2.75, 3.05) is 31.1 Å². The van der Waals surface area contributed by atoms with E-state index in [1.165, 1.54) is 69.5 Å². The van der Waals surface area contributed by atoms with E-state index < -0.39 is 0 Å². The van der Waals surface area contributed by atoms with Crippen LogP contribution in [0.4, 0.5) is 5.69 Å². The van der Waals surface area contributed by atoms with Crippen LogP contribution in [0.15, 0.2) is 24.3 Å². The molecule has 0 aromatic heterocycles. The molecule has 2 nitrogen and oxygen atoms in total. The Balaban J connectivity index is 1.55. The van der Waals surface area contributed by atoms with E-state index in [2.05, 4.69) is 41.0 Å². The predicted octanol–water partition coefficient (Wildman–Crippen LogP) is 3.45. The Morgan fingerprint density at radius 2 is 1.47 bits per heavy atom. The molecule has 2 fully saturated rings. The van der Waals surface area contributed by atoms with Crippen LogP contribution in [0.5, 0.6) is 0 Å². The summed E-state index contributed by atoms with van der Waals surface area (Å²) in [5.41, 5.74) is 2.76. The van der Waals surface area contributed by atoms with Crippen LogP contribution in [0.1, 0.15) is 37.7 Å². The van der Waals surface area contributed by atoms with Gasteiger partial charge in [-0.1, -0.05) is 24.1 Å². The number of piperidine rings is 2. The Hall–Kier alpha value is -1.02. The number of rotatable bonds is 2. The Kier molecular flexibility index (Phi) is 4.07. The van der Waals surface area contributed by atoms with Gasteiger partial charge in [-0.15, -0.1) is 0 Å². The minimum atomic E-state index is 0.849. The second kappa shape index (κ2) is 5.96. The van der Waals surface area contributed by atoms with Crippen LogP contribution in [0, 0.1) is 6.92 Å². The Labute approximate surface area is 117 Å². The van der Waals surface area contributed by atoms with Crippen LogP contribution >= 0.6 is 0 Å². The standard InChI is InChI=1S/C17H26N2/c1-15-5-7-16(8-6-15)19-13-9-17(10-14-19)18-11-3-2-4-12-18/h5-8,17H,2-4,9-14H2,1H3. The first-order valence-electron chi connectivity index (χ1n) is 7.88. The summed E-state index contributed by atoms with van der Waals surface area (Å²) in [6, 6.07) is 9.85. The normalized spacial score (nSPS) is 22.7. The smallest absolute Gasteiger partial charge is 0.0366 e. The molecule has 19 heavy (non-hydrogen) atoms. The van der Waals surface area contributed by atoms with Gasteiger partial charge in [0.2, 0.25) is 0 Å². The largest absolute Gasteiger partial charge is 0.371 e. The van der Waals surface area contributed by atoms with Gasteiger partial charge in [0.05, 0.1) is 0 Å². The molecule has 2 saturated heterocycles. The first-order valence-corrected chi connectivity index (χ1v) is 7.88. The van der Waals surface area contributed by atoms with Crippen molar-refractivity contribution in [1.82, 2.24) is 4.90 Å². The second-order valence-corrected chi connectivity index (χ2v) is 6.15. The van der Waals surface area contributed by atoms with Gasteiger partial charge in [0.15, 0.2) is 0 Å². The molecule has 2 aliphatic rings. The minimum absolute atomic E-state index is 0.849. The van der Waals surface area contributed by atoms with E-state index >= 15 is 0 Å². The van der Waals surface area contributed by atoms with Gasteiger partial charge in [-0.05, 0) is 57.8 Å². The fourth-order valence-electron chi connectivity index (χ4n) is 3.53. The number of aryl methyl sites for hydroxylation is 1. The molecule has 0 unspecified atom stereocenters. The first-order chi connectivity index (χ1) is 9.33. The molecular weight excluding hydrogens is 232 g/mol. The van der Waals surface area contributed by atoms with E-state index in [1.54, 1.807) is 0 Å².